The smallest absolute Gasteiger partial charge is 0.416 e. The number of alkyl halides is 3. The zero-order valence-corrected chi connectivity index (χ0v) is 17.6. The summed E-state index contributed by atoms with van der Waals surface area (Å²) in [6, 6.07) is 13.5. The van der Waals surface area contributed by atoms with Crippen molar-refractivity contribution in [3.63, 3.8) is 0 Å². The van der Waals surface area contributed by atoms with Crippen molar-refractivity contribution < 1.29 is 26.9 Å². The summed E-state index contributed by atoms with van der Waals surface area (Å²) in [6.45, 7) is 0. The number of carbonyl (C=O) groups is 1. The molecular weight excluding hydrogens is 453 g/mol. The van der Waals surface area contributed by atoms with E-state index in [4.69, 9.17) is 22.1 Å². The van der Waals surface area contributed by atoms with Crippen LogP contribution in [-0.4, -0.2) is 17.2 Å². The van der Waals surface area contributed by atoms with Crippen molar-refractivity contribution in [2.75, 3.05) is 11.8 Å². The molecule has 3 aromatic rings. The van der Waals surface area contributed by atoms with Crippen LogP contribution in [0.3, 0.4) is 0 Å². The molecule has 0 saturated carbocycles. The maximum Gasteiger partial charge on any atom is 0.416 e. The van der Waals surface area contributed by atoms with E-state index in [0.717, 1.165) is 18.2 Å². The minimum Gasteiger partial charge on any atom is -0.496 e. The SMILES string of the molecule is COc1ccc(C(N)=O)c(NS(=O)c2cccc(C(F)(F)F)c2)c1-c1ccc(Cl)cc1. The van der Waals surface area contributed by atoms with Crippen molar-refractivity contribution in [2.45, 2.75) is 11.1 Å². The number of carbonyl (C=O) groups excluding carboxylic acids is 1. The predicted molar refractivity (Wildman–Crippen MR) is 113 cm³/mol. The Hall–Kier alpha value is -3.04. The number of hydrogen-bond donors (Lipinski definition) is 2. The highest BCUT2D eigenvalue weighted by molar-refractivity contribution is 7.86. The van der Waals surface area contributed by atoms with E-state index in [9.17, 15) is 22.2 Å². The molecule has 0 aliphatic carbocycles. The molecule has 0 aliphatic rings. The van der Waals surface area contributed by atoms with Gasteiger partial charge in [-0.15, -0.1) is 0 Å². The molecule has 3 aromatic carbocycles. The molecule has 0 radical (unpaired) electrons. The Bertz CT molecular complexity index is 1150. The van der Waals surface area contributed by atoms with Crippen LogP contribution < -0.4 is 15.2 Å². The lowest BCUT2D eigenvalue weighted by Gasteiger charge is -2.18. The molecule has 0 aromatic heterocycles. The average molecular weight is 469 g/mol. The summed E-state index contributed by atoms with van der Waals surface area (Å²) in [5.74, 6) is -0.489. The quantitative estimate of drug-likeness (QED) is 0.517. The summed E-state index contributed by atoms with van der Waals surface area (Å²) < 4.78 is 60.1. The van der Waals surface area contributed by atoms with Crippen LogP contribution in [0.25, 0.3) is 11.1 Å². The first-order chi connectivity index (χ1) is 14.6. The molecule has 0 heterocycles. The lowest BCUT2D eigenvalue weighted by atomic mass is 9.99. The lowest BCUT2D eigenvalue weighted by molar-refractivity contribution is -0.137. The summed E-state index contributed by atoms with van der Waals surface area (Å²) in [5, 5.41) is 0.468. The van der Waals surface area contributed by atoms with E-state index < -0.39 is 28.6 Å². The molecule has 0 fully saturated rings. The predicted octanol–water partition coefficient (Wildman–Crippen LogP) is 5.27. The first-order valence-corrected chi connectivity index (χ1v) is 10.3. The second-order valence-electron chi connectivity index (χ2n) is 6.33. The number of anilines is 1. The molecule has 0 bridgehead atoms. The molecular formula is C21H16ClF3N2O3S. The van der Waals surface area contributed by atoms with Crippen LogP contribution in [0.1, 0.15) is 15.9 Å². The summed E-state index contributed by atoms with van der Waals surface area (Å²) in [7, 11) is -0.735. The van der Waals surface area contributed by atoms with Crippen molar-refractivity contribution in [2.24, 2.45) is 5.73 Å². The number of methoxy groups -OCH3 is 1. The zero-order chi connectivity index (χ0) is 22.8. The Morgan fingerprint density at radius 1 is 1.10 bits per heavy atom. The summed E-state index contributed by atoms with van der Waals surface area (Å²) in [4.78, 5) is 11.9. The molecule has 0 saturated heterocycles. The van der Waals surface area contributed by atoms with Gasteiger partial charge in [0.2, 0.25) is 0 Å². The van der Waals surface area contributed by atoms with Gasteiger partial charge in [0.05, 0.1) is 28.8 Å². The fourth-order valence-corrected chi connectivity index (χ4v) is 3.98. The molecule has 162 valence electrons. The number of primary amides is 1. The molecule has 0 aliphatic heterocycles. The van der Waals surface area contributed by atoms with Gasteiger partial charge in [0.1, 0.15) is 16.7 Å². The van der Waals surface area contributed by atoms with E-state index in [2.05, 4.69) is 4.72 Å². The van der Waals surface area contributed by atoms with Gasteiger partial charge in [-0.05, 0) is 48.0 Å². The van der Waals surface area contributed by atoms with E-state index in [1.807, 2.05) is 0 Å². The highest BCUT2D eigenvalue weighted by atomic mass is 35.5. The van der Waals surface area contributed by atoms with Gasteiger partial charge < -0.3 is 10.5 Å². The molecule has 1 atom stereocenters. The van der Waals surface area contributed by atoms with Crippen molar-refractivity contribution in [1.82, 2.24) is 0 Å². The number of hydrogen-bond acceptors (Lipinski definition) is 3. The van der Waals surface area contributed by atoms with Crippen LogP contribution in [0.5, 0.6) is 5.75 Å². The lowest BCUT2D eigenvalue weighted by Crippen LogP contribution is -2.17. The molecule has 31 heavy (non-hydrogen) atoms. The second kappa shape index (κ2) is 8.99. The summed E-state index contributed by atoms with van der Waals surface area (Å²) in [6.07, 6.45) is -4.59. The minimum absolute atomic E-state index is 0.00826. The Morgan fingerprint density at radius 3 is 2.35 bits per heavy atom. The Balaban J connectivity index is 2.14. The number of amides is 1. The third-order valence-electron chi connectivity index (χ3n) is 4.36. The number of ether oxygens (including phenoxy) is 1. The zero-order valence-electron chi connectivity index (χ0n) is 16.0. The number of rotatable bonds is 6. The van der Waals surface area contributed by atoms with Gasteiger partial charge in [-0.2, -0.15) is 13.2 Å². The molecule has 1 amide bonds. The average Bonchev–Trinajstić information content (AvgIpc) is 2.73. The second-order valence-corrected chi connectivity index (χ2v) is 7.98. The van der Waals surface area contributed by atoms with Gasteiger partial charge in [-0.1, -0.05) is 29.8 Å². The molecule has 10 heteroatoms. The van der Waals surface area contributed by atoms with Gasteiger partial charge >= 0.3 is 6.18 Å². The maximum atomic E-state index is 13.0. The Labute approximate surface area is 183 Å². The van der Waals surface area contributed by atoms with Crippen LogP contribution in [-0.2, 0) is 17.2 Å². The van der Waals surface area contributed by atoms with Gasteiger partial charge in [0, 0.05) is 10.6 Å². The molecule has 0 spiro atoms. The monoisotopic (exact) mass is 468 g/mol. The Kier molecular flexibility index (Phi) is 6.56. The standard InChI is InChI=1S/C21H16ClF3N2O3S/c1-30-17-10-9-16(20(26)28)19(18(17)12-5-7-14(22)8-6-12)27-31(29)15-4-2-3-13(11-15)21(23,24)25/h2-11,27H,1H3,(H2,26,28). The molecule has 5 nitrogen and oxygen atoms in total. The van der Waals surface area contributed by atoms with E-state index >= 15 is 0 Å². The van der Waals surface area contributed by atoms with Crippen molar-refractivity contribution in [3.05, 3.63) is 76.8 Å². The third-order valence-corrected chi connectivity index (χ3v) is 5.68. The Morgan fingerprint density at radius 2 is 1.77 bits per heavy atom. The first kappa shape index (κ1) is 22.6. The maximum absolute atomic E-state index is 13.0. The van der Waals surface area contributed by atoms with Gasteiger partial charge in [-0.3, -0.25) is 9.52 Å². The highest BCUT2D eigenvalue weighted by Gasteiger charge is 2.31. The molecule has 1 unspecified atom stereocenters. The first-order valence-electron chi connectivity index (χ1n) is 8.74. The fourth-order valence-electron chi connectivity index (χ4n) is 2.91. The van der Waals surface area contributed by atoms with Crippen molar-refractivity contribution in [3.8, 4) is 16.9 Å². The van der Waals surface area contributed by atoms with Gasteiger partial charge in [0.15, 0.2) is 0 Å². The molecule has 3 rings (SSSR count). The third kappa shape index (κ3) is 5.00. The number of benzene rings is 3. The van der Waals surface area contributed by atoms with E-state index in [1.54, 1.807) is 24.3 Å². The minimum atomic E-state index is -4.59. The number of nitrogens with one attached hydrogen (secondary N) is 1. The van der Waals surface area contributed by atoms with Crippen LogP contribution >= 0.6 is 11.6 Å². The van der Waals surface area contributed by atoms with Gasteiger partial charge in [-0.25, -0.2) is 4.21 Å². The fraction of sp³-hybridized carbons (Fsp3) is 0.0952. The van der Waals surface area contributed by atoms with Crippen LogP contribution in [0.4, 0.5) is 18.9 Å². The van der Waals surface area contributed by atoms with E-state index in [-0.39, 0.29) is 16.1 Å². The van der Waals surface area contributed by atoms with E-state index in [0.29, 0.717) is 21.9 Å². The van der Waals surface area contributed by atoms with Crippen molar-refractivity contribution in [1.29, 1.82) is 0 Å². The largest absolute Gasteiger partial charge is 0.496 e. The number of halogens is 4. The van der Waals surface area contributed by atoms with Crippen LogP contribution in [0.15, 0.2) is 65.6 Å². The topological polar surface area (TPSA) is 81.4 Å². The van der Waals surface area contributed by atoms with Crippen LogP contribution in [0, 0.1) is 0 Å². The summed E-state index contributed by atoms with van der Waals surface area (Å²) in [5.41, 5.74) is 5.51. The summed E-state index contributed by atoms with van der Waals surface area (Å²) >= 11 is 5.95. The number of nitrogens with two attached hydrogens (primary N) is 1. The molecule has 3 N–H and O–H groups in total. The van der Waals surface area contributed by atoms with Crippen LogP contribution in [0.2, 0.25) is 5.02 Å². The van der Waals surface area contributed by atoms with Gasteiger partial charge in [0.25, 0.3) is 5.91 Å². The van der Waals surface area contributed by atoms with E-state index in [1.165, 1.54) is 25.3 Å². The normalized spacial score (nSPS) is 12.3. The highest BCUT2D eigenvalue weighted by Crippen LogP contribution is 2.40. The van der Waals surface area contributed by atoms with Crippen molar-refractivity contribution >= 4 is 34.2 Å².